The summed E-state index contributed by atoms with van der Waals surface area (Å²) in [5.41, 5.74) is 1.06. The molecule has 0 aromatic carbocycles. The highest BCUT2D eigenvalue weighted by Crippen LogP contribution is 2.35. The average Bonchev–Trinajstić information content (AvgIpc) is 3.23. The molecule has 0 aliphatic carbocycles. The first-order valence-electron chi connectivity index (χ1n) is 7.88. The van der Waals surface area contributed by atoms with Crippen molar-refractivity contribution in [1.29, 1.82) is 0 Å². The molecule has 0 radical (unpaired) electrons. The van der Waals surface area contributed by atoms with Crippen molar-refractivity contribution in [3.8, 4) is 0 Å². The molecule has 0 spiro atoms. The number of ether oxygens (including phenoxy) is 1. The van der Waals surface area contributed by atoms with E-state index in [0.29, 0.717) is 30.6 Å². The van der Waals surface area contributed by atoms with Crippen LogP contribution in [0.2, 0.25) is 0 Å². The third-order valence-corrected chi connectivity index (χ3v) is 5.63. The van der Waals surface area contributed by atoms with E-state index < -0.39 is 0 Å². The van der Waals surface area contributed by atoms with Gasteiger partial charge in [0, 0.05) is 19.0 Å². The van der Waals surface area contributed by atoms with E-state index in [9.17, 15) is 4.79 Å². The number of aromatic nitrogens is 2. The van der Waals surface area contributed by atoms with Crippen LogP contribution in [0.25, 0.3) is 0 Å². The Labute approximate surface area is 138 Å². The number of likely N-dealkylation sites (tertiary alicyclic amines) is 1. The SMILES string of the molecule is Cc1noc(C[C@H]2C[C@H]3CN(C(=O)c4sccc4C)C[C@H]3O2)n1. The first kappa shape index (κ1) is 14.8. The van der Waals surface area contributed by atoms with Crippen LogP contribution in [0.15, 0.2) is 16.0 Å². The van der Waals surface area contributed by atoms with Crippen LogP contribution in [-0.4, -0.2) is 46.2 Å². The summed E-state index contributed by atoms with van der Waals surface area (Å²) in [6.07, 6.45) is 1.85. The maximum absolute atomic E-state index is 12.6. The van der Waals surface area contributed by atoms with E-state index in [0.717, 1.165) is 23.4 Å². The molecule has 2 aliphatic rings. The lowest BCUT2D eigenvalue weighted by Gasteiger charge is -2.18. The lowest BCUT2D eigenvalue weighted by Crippen LogP contribution is -2.31. The Morgan fingerprint density at radius 1 is 1.43 bits per heavy atom. The van der Waals surface area contributed by atoms with Crippen LogP contribution in [0.5, 0.6) is 0 Å². The zero-order valence-electron chi connectivity index (χ0n) is 13.2. The molecular formula is C16H19N3O3S. The maximum atomic E-state index is 12.6. The number of carbonyl (C=O) groups excluding carboxylic acids is 1. The second kappa shape index (κ2) is 5.72. The fraction of sp³-hybridized carbons (Fsp3) is 0.562. The molecule has 4 heterocycles. The zero-order chi connectivity index (χ0) is 16.0. The van der Waals surface area contributed by atoms with Crippen LogP contribution in [0.4, 0.5) is 0 Å². The molecule has 122 valence electrons. The Morgan fingerprint density at radius 2 is 2.30 bits per heavy atom. The minimum atomic E-state index is 0.116. The van der Waals surface area contributed by atoms with Gasteiger partial charge < -0.3 is 14.2 Å². The summed E-state index contributed by atoms with van der Waals surface area (Å²) in [6.45, 7) is 5.26. The Balaban J connectivity index is 1.36. The quantitative estimate of drug-likeness (QED) is 0.861. The van der Waals surface area contributed by atoms with Gasteiger partial charge in [-0.25, -0.2) is 0 Å². The van der Waals surface area contributed by atoms with Crippen molar-refractivity contribution in [2.45, 2.75) is 38.9 Å². The monoisotopic (exact) mass is 333 g/mol. The lowest BCUT2D eigenvalue weighted by atomic mass is 10.0. The summed E-state index contributed by atoms with van der Waals surface area (Å²) in [4.78, 5) is 19.6. The molecule has 1 amide bonds. The van der Waals surface area contributed by atoms with Crippen LogP contribution in [0, 0.1) is 19.8 Å². The summed E-state index contributed by atoms with van der Waals surface area (Å²) in [6, 6.07) is 1.99. The maximum Gasteiger partial charge on any atom is 0.264 e. The van der Waals surface area contributed by atoms with Gasteiger partial charge in [0.25, 0.3) is 5.91 Å². The summed E-state index contributed by atoms with van der Waals surface area (Å²) < 4.78 is 11.3. The zero-order valence-corrected chi connectivity index (χ0v) is 14.0. The number of carbonyl (C=O) groups is 1. The van der Waals surface area contributed by atoms with Crippen LogP contribution in [0.3, 0.4) is 0 Å². The summed E-state index contributed by atoms with van der Waals surface area (Å²) >= 11 is 1.52. The molecule has 2 fully saturated rings. The fourth-order valence-electron chi connectivity index (χ4n) is 3.51. The molecule has 0 saturated carbocycles. The van der Waals surface area contributed by atoms with Crippen molar-refractivity contribution in [2.24, 2.45) is 5.92 Å². The predicted octanol–water partition coefficient (Wildman–Crippen LogP) is 2.22. The van der Waals surface area contributed by atoms with Gasteiger partial charge >= 0.3 is 0 Å². The number of nitrogens with zero attached hydrogens (tertiary/aromatic N) is 3. The molecule has 2 aromatic rings. The number of rotatable bonds is 3. The smallest absolute Gasteiger partial charge is 0.264 e. The van der Waals surface area contributed by atoms with Gasteiger partial charge in [0.05, 0.1) is 23.5 Å². The molecule has 3 atom stereocenters. The van der Waals surface area contributed by atoms with E-state index in [1.165, 1.54) is 11.3 Å². The van der Waals surface area contributed by atoms with Crippen molar-refractivity contribution < 1.29 is 14.1 Å². The minimum Gasteiger partial charge on any atom is -0.372 e. The first-order chi connectivity index (χ1) is 11.1. The molecular weight excluding hydrogens is 314 g/mol. The van der Waals surface area contributed by atoms with Gasteiger partial charge in [0.1, 0.15) is 0 Å². The third kappa shape index (κ3) is 2.79. The fourth-order valence-corrected chi connectivity index (χ4v) is 4.40. The van der Waals surface area contributed by atoms with Gasteiger partial charge in [-0.2, -0.15) is 4.98 Å². The molecule has 2 aliphatic heterocycles. The van der Waals surface area contributed by atoms with Crippen molar-refractivity contribution in [2.75, 3.05) is 13.1 Å². The topological polar surface area (TPSA) is 68.5 Å². The molecule has 7 heteroatoms. The highest BCUT2D eigenvalue weighted by molar-refractivity contribution is 7.12. The van der Waals surface area contributed by atoms with E-state index in [1.807, 2.05) is 30.2 Å². The van der Waals surface area contributed by atoms with E-state index in [2.05, 4.69) is 10.1 Å². The molecule has 4 rings (SSSR count). The Kier molecular flexibility index (Phi) is 3.69. The molecule has 2 aromatic heterocycles. The van der Waals surface area contributed by atoms with Crippen LogP contribution in [0.1, 0.15) is 33.4 Å². The van der Waals surface area contributed by atoms with E-state index in [4.69, 9.17) is 9.26 Å². The molecule has 0 bridgehead atoms. The highest BCUT2D eigenvalue weighted by Gasteiger charge is 2.44. The van der Waals surface area contributed by atoms with Crippen LogP contribution >= 0.6 is 11.3 Å². The molecule has 0 unspecified atom stereocenters. The Bertz CT molecular complexity index is 712. The first-order valence-corrected chi connectivity index (χ1v) is 8.76. The number of hydrogen-bond donors (Lipinski definition) is 0. The summed E-state index contributed by atoms with van der Waals surface area (Å²) in [7, 11) is 0. The molecule has 2 saturated heterocycles. The summed E-state index contributed by atoms with van der Waals surface area (Å²) in [5.74, 6) is 1.84. The van der Waals surface area contributed by atoms with Gasteiger partial charge in [-0.15, -0.1) is 11.3 Å². The van der Waals surface area contributed by atoms with E-state index >= 15 is 0 Å². The van der Waals surface area contributed by atoms with Gasteiger partial charge in [0.15, 0.2) is 5.82 Å². The number of thiophene rings is 1. The Hall–Kier alpha value is -1.73. The average molecular weight is 333 g/mol. The number of fused-ring (bicyclic) bond motifs is 1. The van der Waals surface area contributed by atoms with Crippen LogP contribution in [-0.2, 0) is 11.2 Å². The minimum absolute atomic E-state index is 0.116. The molecule has 6 nitrogen and oxygen atoms in total. The van der Waals surface area contributed by atoms with Crippen molar-refractivity contribution >= 4 is 17.2 Å². The van der Waals surface area contributed by atoms with Gasteiger partial charge in [-0.1, -0.05) is 5.16 Å². The van der Waals surface area contributed by atoms with Crippen LogP contribution < -0.4 is 0 Å². The standard InChI is InChI=1S/C16H19N3O3S/c1-9-3-4-23-15(9)16(20)19-7-11-5-12(21-13(11)8-19)6-14-17-10(2)18-22-14/h3-4,11-13H,5-8H2,1-2H3/t11-,12+,13+/m0/s1. The number of amides is 1. The Morgan fingerprint density at radius 3 is 2.96 bits per heavy atom. The summed E-state index contributed by atoms with van der Waals surface area (Å²) in [5, 5.41) is 5.78. The van der Waals surface area contributed by atoms with Gasteiger partial charge in [0.2, 0.25) is 5.89 Å². The van der Waals surface area contributed by atoms with Crippen molar-refractivity contribution in [3.05, 3.63) is 33.6 Å². The van der Waals surface area contributed by atoms with E-state index in [-0.39, 0.29) is 18.1 Å². The molecule has 0 N–H and O–H groups in total. The third-order valence-electron chi connectivity index (χ3n) is 4.63. The lowest BCUT2D eigenvalue weighted by molar-refractivity contribution is 0.0331. The number of aryl methyl sites for hydroxylation is 2. The molecule has 23 heavy (non-hydrogen) atoms. The number of hydrogen-bond acceptors (Lipinski definition) is 6. The predicted molar refractivity (Wildman–Crippen MR) is 84.5 cm³/mol. The van der Waals surface area contributed by atoms with Gasteiger partial charge in [-0.3, -0.25) is 4.79 Å². The van der Waals surface area contributed by atoms with E-state index in [1.54, 1.807) is 0 Å². The van der Waals surface area contributed by atoms with Crippen molar-refractivity contribution in [3.63, 3.8) is 0 Å². The largest absolute Gasteiger partial charge is 0.372 e. The second-order valence-electron chi connectivity index (χ2n) is 6.37. The highest BCUT2D eigenvalue weighted by atomic mass is 32.1. The second-order valence-corrected chi connectivity index (χ2v) is 7.29. The van der Waals surface area contributed by atoms with Crippen molar-refractivity contribution in [1.82, 2.24) is 15.0 Å². The van der Waals surface area contributed by atoms with Gasteiger partial charge in [-0.05, 0) is 37.3 Å². The normalized spacial score (nSPS) is 26.7.